The number of hydrogen-bond donors (Lipinski definition) is 2. The van der Waals surface area contributed by atoms with Gasteiger partial charge in [-0.05, 0) is 48.9 Å². The van der Waals surface area contributed by atoms with E-state index in [9.17, 15) is 9.59 Å². The van der Waals surface area contributed by atoms with E-state index in [1.54, 1.807) is 38.4 Å². The highest BCUT2D eigenvalue weighted by atomic mass is 35.5. The first-order valence-corrected chi connectivity index (χ1v) is 8.35. The molecule has 2 rings (SSSR count). The zero-order valence-corrected chi connectivity index (χ0v) is 15.3. The predicted molar refractivity (Wildman–Crippen MR) is 101 cm³/mol. The molecule has 0 heterocycles. The number of halogens is 1. The first-order valence-electron chi connectivity index (χ1n) is 7.97. The summed E-state index contributed by atoms with van der Waals surface area (Å²) in [6.45, 7) is 2.15. The van der Waals surface area contributed by atoms with Gasteiger partial charge in [-0.1, -0.05) is 23.7 Å². The average molecular weight is 360 g/mol. The molecule has 0 fully saturated rings. The Kier molecular flexibility index (Phi) is 6.56. The van der Waals surface area contributed by atoms with Crippen molar-refractivity contribution in [1.82, 2.24) is 10.2 Å². The Balaban J connectivity index is 1.87. The van der Waals surface area contributed by atoms with Crippen LogP contribution in [0.25, 0.3) is 0 Å². The quantitative estimate of drug-likeness (QED) is 0.831. The normalized spacial score (nSPS) is 11.7. The number of nitrogens with zero attached hydrogens (tertiary/aromatic N) is 1. The van der Waals surface area contributed by atoms with Gasteiger partial charge >= 0.3 is 0 Å². The summed E-state index contributed by atoms with van der Waals surface area (Å²) < 4.78 is 0. The van der Waals surface area contributed by atoms with E-state index in [1.807, 2.05) is 31.2 Å². The van der Waals surface area contributed by atoms with Gasteiger partial charge in [0, 0.05) is 36.4 Å². The number of hydrogen-bond acceptors (Lipinski definition) is 3. The second-order valence-corrected chi connectivity index (χ2v) is 6.42. The molecule has 0 radical (unpaired) electrons. The van der Waals surface area contributed by atoms with Gasteiger partial charge in [0.25, 0.3) is 5.91 Å². The maximum absolute atomic E-state index is 12.1. The highest BCUT2D eigenvalue weighted by molar-refractivity contribution is 6.30. The number of amides is 2. The zero-order valence-electron chi connectivity index (χ0n) is 14.5. The summed E-state index contributed by atoms with van der Waals surface area (Å²) in [5.74, 6) is -0.226. The molecule has 6 heteroatoms. The fourth-order valence-electron chi connectivity index (χ4n) is 2.30. The van der Waals surface area contributed by atoms with Crippen molar-refractivity contribution in [3.63, 3.8) is 0 Å². The van der Waals surface area contributed by atoms with Crippen LogP contribution in [-0.2, 0) is 4.79 Å². The van der Waals surface area contributed by atoms with Crippen molar-refractivity contribution in [3.8, 4) is 0 Å². The van der Waals surface area contributed by atoms with E-state index in [-0.39, 0.29) is 24.4 Å². The molecule has 2 amide bonds. The Labute approximate surface area is 153 Å². The van der Waals surface area contributed by atoms with Crippen molar-refractivity contribution in [2.45, 2.75) is 13.0 Å². The van der Waals surface area contributed by atoms with Gasteiger partial charge in [0.2, 0.25) is 5.91 Å². The minimum Gasteiger partial charge on any atom is -0.345 e. The molecule has 25 heavy (non-hydrogen) atoms. The van der Waals surface area contributed by atoms with Gasteiger partial charge in [0.1, 0.15) is 0 Å². The number of anilines is 1. The molecule has 2 aromatic rings. The van der Waals surface area contributed by atoms with Crippen LogP contribution in [0.4, 0.5) is 5.69 Å². The molecule has 0 aliphatic carbocycles. The fraction of sp³-hybridized carbons (Fsp3) is 0.263. The fourth-order valence-corrected chi connectivity index (χ4v) is 2.50. The average Bonchev–Trinajstić information content (AvgIpc) is 2.59. The van der Waals surface area contributed by atoms with E-state index in [4.69, 9.17) is 11.6 Å². The van der Waals surface area contributed by atoms with Crippen LogP contribution in [-0.4, -0.2) is 37.4 Å². The molecule has 2 aromatic carbocycles. The smallest absolute Gasteiger partial charge is 0.253 e. The minimum atomic E-state index is -0.152. The Morgan fingerprint density at radius 2 is 1.80 bits per heavy atom. The molecular weight excluding hydrogens is 338 g/mol. The Morgan fingerprint density at radius 3 is 2.40 bits per heavy atom. The lowest BCUT2D eigenvalue weighted by atomic mass is 10.1. The third kappa shape index (κ3) is 5.59. The third-order valence-electron chi connectivity index (χ3n) is 3.74. The van der Waals surface area contributed by atoms with Crippen molar-refractivity contribution in [3.05, 3.63) is 64.7 Å². The number of nitrogens with one attached hydrogen (secondary N) is 2. The van der Waals surface area contributed by atoms with E-state index in [1.165, 1.54) is 4.90 Å². The molecule has 1 atom stereocenters. The lowest BCUT2D eigenvalue weighted by Crippen LogP contribution is -2.30. The molecule has 0 aliphatic heterocycles. The summed E-state index contributed by atoms with van der Waals surface area (Å²) in [5, 5.41) is 6.63. The van der Waals surface area contributed by atoms with Gasteiger partial charge in [0.15, 0.2) is 0 Å². The first-order chi connectivity index (χ1) is 11.9. The van der Waals surface area contributed by atoms with E-state index in [0.29, 0.717) is 16.3 Å². The first kappa shape index (κ1) is 19.0. The van der Waals surface area contributed by atoms with E-state index in [2.05, 4.69) is 10.6 Å². The van der Waals surface area contributed by atoms with Crippen LogP contribution in [0.1, 0.15) is 28.9 Å². The molecule has 2 N–H and O–H groups in total. The van der Waals surface area contributed by atoms with Crippen molar-refractivity contribution < 1.29 is 9.59 Å². The van der Waals surface area contributed by atoms with Crippen molar-refractivity contribution >= 4 is 29.1 Å². The maximum atomic E-state index is 12.1. The second kappa shape index (κ2) is 8.65. The highest BCUT2D eigenvalue weighted by Crippen LogP contribution is 2.17. The maximum Gasteiger partial charge on any atom is 0.253 e. The van der Waals surface area contributed by atoms with Gasteiger partial charge in [-0.3, -0.25) is 9.59 Å². The number of carbonyl (C=O) groups excluding carboxylic acids is 2. The lowest BCUT2D eigenvalue weighted by Gasteiger charge is -2.15. The Hall–Kier alpha value is -2.37. The van der Waals surface area contributed by atoms with Crippen LogP contribution >= 0.6 is 11.6 Å². The third-order valence-corrected chi connectivity index (χ3v) is 3.97. The van der Waals surface area contributed by atoms with E-state index >= 15 is 0 Å². The minimum absolute atomic E-state index is 0.00420. The largest absolute Gasteiger partial charge is 0.345 e. The molecule has 0 saturated heterocycles. The molecule has 0 spiro atoms. The molecule has 0 unspecified atom stereocenters. The van der Waals surface area contributed by atoms with Crippen LogP contribution < -0.4 is 10.6 Å². The van der Waals surface area contributed by atoms with Gasteiger partial charge < -0.3 is 15.5 Å². The predicted octanol–water partition coefficient (Wildman–Crippen LogP) is 3.33. The zero-order chi connectivity index (χ0) is 18.4. The molecule has 5 nitrogen and oxygen atoms in total. The Morgan fingerprint density at radius 1 is 1.12 bits per heavy atom. The second-order valence-electron chi connectivity index (χ2n) is 5.98. The van der Waals surface area contributed by atoms with Gasteiger partial charge in [-0.25, -0.2) is 0 Å². The molecule has 0 aromatic heterocycles. The van der Waals surface area contributed by atoms with Gasteiger partial charge in [-0.15, -0.1) is 0 Å². The summed E-state index contributed by atoms with van der Waals surface area (Å²) in [5.41, 5.74) is 2.25. The van der Waals surface area contributed by atoms with E-state index in [0.717, 1.165) is 5.56 Å². The van der Waals surface area contributed by atoms with Crippen LogP contribution in [0.5, 0.6) is 0 Å². The SMILES string of the molecule is C[C@H](NCC(=O)Nc1ccc(C(=O)N(C)C)cc1)c1cccc(Cl)c1. The van der Waals surface area contributed by atoms with Gasteiger partial charge in [0.05, 0.1) is 6.54 Å². The summed E-state index contributed by atoms with van der Waals surface area (Å²) in [7, 11) is 3.40. The Bertz CT molecular complexity index is 745. The van der Waals surface area contributed by atoms with Crippen LogP contribution in [0.2, 0.25) is 5.02 Å². The van der Waals surface area contributed by atoms with Crippen molar-refractivity contribution in [2.75, 3.05) is 26.0 Å². The number of rotatable bonds is 6. The summed E-state index contributed by atoms with van der Waals surface area (Å²) in [6.07, 6.45) is 0. The summed E-state index contributed by atoms with van der Waals surface area (Å²) >= 11 is 5.98. The molecule has 132 valence electrons. The lowest BCUT2D eigenvalue weighted by molar-refractivity contribution is -0.115. The van der Waals surface area contributed by atoms with Crippen molar-refractivity contribution in [2.24, 2.45) is 0 Å². The monoisotopic (exact) mass is 359 g/mol. The van der Waals surface area contributed by atoms with Gasteiger partial charge in [-0.2, -0.15) is 0 Å². The number of carbonyl (C=O) groups is 2. The standard InChI is InChI=1S/C19H22ClN3O2/c1-13(15-5-4-6-16(20)11-15)21-12-18(24)22-17-9-7-14(8-10-17)19(25)23(2)3/h4-11,13,21H,12H2,1-3H3,(H,22,24)/t13-/m0/s1. The molecule has 0 bridgehead atoms. The van der Waals surface area contributed by atoms with Crippen molar-refractivity contribution in [1.29, 1.82) is 0 Å². The summed E-state index contributed by atoms with van der Waals surface area (Å²) in [4.78, 5) is 25.4. The van der Waals surface area contributed by atoms with Crippen LogP contribution in [0.3, 0.4) is 0 Å². The van der Waals surface area contributed by atoms with E-state index < -0.39 is 0 Å². The molecule has 0 saturated carbocycles. The highest BCUT2D eigenvalue weighted by Gasteiger charge is 2.10. The number of benzene rings is 2. The van der Waals surface area contributed by atoms with Crippen LogP contribution in [0, 0.1) is 0 Å². The summed E-state index contributed by atoms with van der Waals surface area (Å²) in [6, 6.07) is 14.4. The topological polar surface area (TPSA) is 61.4 Å². The molecular formula is C19H22ClN3O2. The van der Waals surface area contributed by atoms with Crippen LogP contribution in [0.15, 0.2) is 48.5 Å². The molecule has 0 aliphatic rings.